The molecule has 0 unspecified atom stereocenters. The molecule has 0 spiro atoms. The lowest BCUT2D eigenvalue weighted by Crippen LogP contribution is -2.29. The molecule has 0 radical (unpaired) electrons. The number of alkyl halides is 3. The molecule has 3 heterocycles. The molecule has 2 aliphatic rings. The first-order valence-corrected chi connectivity index (χ1v) is 10.4. The highest BCUT2D eigenvalue weighted by molar-refractivity contribution is 5.44. The van der Waals surface area contributed by atoms with Crippen LogP contribution in [0.25, 0.3) is 0 Å². The van der Waals surface area contributed by atoms with Crippen LogP contribution in [0.3, 0.4) is 0 Å². The van der Waals surface area contributed by atoms with E-state index in [-0.39, 0.29) is 6.04 Å². The van der Waals surface area contributed by atoms with Crippen LogP contribution in [-0.4, -0.2) is 29.2 Å². The summed E-state index contributed by atoms with van der Waals surface area (Å²) in [5, 5.41) is 0. The molecule has 0 N–H and O–H groups in total. The van der Waals surface area contributed by atoms with Crippen molar-refractivity contribution in [2.45, 2.75) is 31.7 Å². The topological polar surface area (TPSA) is 26.6 Å². The van der Waals surface area contributed by atoms with Crippen LogP contribution < -0.4 is 9.47 Å². The van der Waals surface area contributed by atoms with Crippen molar-refractivity contribution in [3.63, 3.8) is 0 Å². The summed E-state index contributed by atoms with van der Waals surface area (Å²) in [6.45, 7) is 3.46. The first-order chi connectivity index (χ1) is 15.0. The van der Waals surface area contributed by atoms with Gasteiger partial charge in [0.05, 0.1) is 11.6 Å². The fourth-order valence-corrected chi connectivity index (χ4v) is 4.47. The second-order valence-corrected chi connectivity index (χ2v) is 7.95. The summed E-state index contributed by atoms with van der Waals surface area (Å²) in [4.78, 5) is 2.33. The van der Waals surface area contributed by atoms with Gasteiger partial charge in [0.15, 0.2) is 11.5 Å². The molecular weight excluding hydrogens is 405 g/mol. The molecule has 3 aromatic rings. The van der Waals surface area contributed by atoms with E-state index in [1.165, 1.54) is 12.1 Å². The number of fused-ring (bicyclic) bond motifs is 2. The molecule has 4 nitrogen and oxygen atoms in total. The van der Waals surface area contributed by atoms with Gasteiger partial charge in [-0.05, 0) is 53.9 Å². The zero-order valence-electron chi connectivity index (χ0n) is 16.9. The molecule has 5 rings (SSSR count). The van der Waals surface area contributed by atoms with Crippen LogP contribution in [0.5, 0.6) is 11.5 Å². The number of hydrogen-bond donors (Lipinski definition) is 0. The zero-order valence-corrected chi connectivity index (χ0v) is 16.9. The summed E-state index contributed by atoms with van der Waals surface area (Å²) in [5.41, 5.74) is 2.40. The van der Waals surface area contributed by atoms with E-state index in [4.69, 9.17) is 9.47 Å². The van der Waals surface area contributed by atoms with Crippen molar-refractivity contribution < 1.29 is 22.6 Å². The molecule has 31 heavy (non-hydrogen) atoms. The SMILES string of the molecule is FC(F)(F)c1ccc([C@@H]2c3cccn3CCCN2Cc2ccc3c(c2)OCCO3)cc1. The van der Waals surface area contributed by atoms with Crippen molar-refractivity contribution >= 4 is 0 Å². The maximum atomic E-state index is 13.1. The van der Waals surface area contributed by atoms with Crippen molar-refractivity contribution in [3.8, 4) is 11.5 Å². The first-order valence-electron chi connectivity index (χ1n) is 10.4. The predicted octanol–water partition coefficient (Wildman–Crippen LogP) is 5.27. The van der Waals surface area contributed by atoms with Crippen LogP contribution in [0.2, 0.25) is 0 Å². The van der Waals surface area contributed by atoms with Crippen molar-refractivity contribution in [2.24, 2.45) is 0 Å². The van der Waals surface area contributed by atoms with Gasteiger partial charge in [0.2, 0.25) is 0 Å². The van der Waals surface area contributed by atoms with Gasteiger partial charge < -0.3 is 14.0 Å². The largest absolute Gasteiger partial charge is 0.486 e. The molecule has 0 saturated heterocycles. The molecule has 7 heteroatoms. The lowest BCUT2D eigenvalue weighted by atomic mass is 9.99. The number of aromatic nitrogens is 1. The predicted molar refractivity (Wildman–Crippen MR) is 110 cm³/mol. The Morgan fingerprint density at radius 3 is 2.45 bits per heavy atom. The van der Waals surface area contributed by atoms with E-state index in [0.717, 1.165) is 47.8 Å². The number of halogens is 3. The lowest BCUT2D eigenvalue weighted by Gasteiger charge is -2.31. The third-order valence-corrected chi connectivity index (χ3v) is 5.90. The van der Waals surface area contributed by atoms with E-state index in [0.29, 0.717) is 19.8 Å². The monoisotopic (exact) mass is 428 g/mol. The molecule has 0 fully saturated rings. The summed E-state index contributed by atoms with van der Waals surface area (Å²) in [6.07, 6.45) is -1.34. The van der Waals surface area contributed by atoms with E-state index in [1.807, 2.05) is 30.5 Å². The Hall–Kier alpha value is -2.93. The number of ether oxygens (including phenoxy) is 2. The van der Waals surface area contributed by atoms with Gasteiger partial charge in [0.1, 0.15) is 13.2 Å². The molecule has 1 atom stereocenters. The molecule has 2 aromatic carbocycles. The van der Waals surface area contributed by atoms with Gasteiger partial charge in [-0.1, -0.05) is 18.2 Å². The standard InChI is InChI=1S/C24H23F3N2O2/c25-24(26,27)19-7-5-18(6-8-19)23-20-3-1-10-28(20)11-2-12-29(23)16-17-4-9-21-22(15-17)31-14-13-30-21/h1,3-10,15,23H,2,11-14,16H2/t23-/m1/s1. The molecule has 162 valence electrons. The quantitative estimate of drug-likeness (QED) is 0.568. The van der Waals surface area contributed by atoms with E-state index in [9.17, 15) is 13.2 Å². The number of rotatable bonds is 3. The van der Waals surface area contributed by atoms with Gasteiger partial charge in [0, 0.05) is 31.5 Å². The Kier molecular flexibility index (Phi) is 5.14. The van der Waals surface area contributed by atoms with Crippen LogP contribution >= 0.6 is 0 Å². The summed E-state index contributed by atoms with van der Waals surface area (Å²) in [6, 6.07) is 15.4. The maximum absolute atomic E-state index is 13.1. The smallest absolute Gasteiger partial charge is 0.416 e. The van der Waals surface area contributed by atoms with Gasteiger partial charge in [-0.2, -0.15) is 13.2 Å². The Balaban J connectivity index is 1.49. The van der Waals surface area contributed by atoms with Crippen LogP contribution in [-0.2, 0) is 19.3 Å². The minimum Gasteiger partial charge on any atom is -0.486 e. The van der Waals surface area contributed by atoms with Crippen molar-refractivity contribution in [3.05, 3.63) is 83.2 Å². The molecule has 0 saturated carbocycles. The Morgan fingerprint density at radius 1 is 0.903 bits per heavy atom. The van der Waals surface area contributed by atoms with E-state index < -0.39 is 11.7 Å². The average Bonchev–Trinajstić information content (AvgIpc) is 3.14. The fourth-order valence-electron chi connectivity index (χ4n) is 4.47. The molecule has 0 aliphatic carbocycles. The molecule has 2 aliphatic heterocycles. The Labute approximate surface area is 178 Å². The summed E-state index contributed by atoms with van der Waals surface area (Å²) < 4.78 is 52.8. The van der Waals surface area contributed by atoms with Gasteiger partial charge in [-0.3, -0.25) is 4.90 Å². The van der Waals surface area contributed by atoms with E-state index in [1.54, 1.807) is 12.1 Å². The summed E-state index contributed by atoms with van der Waals surface area (Å²) >= 11 is 0. The number of hydrogen-bond acceptors (Lipinski definition) is 3. The van der Waals surface area contributed by atoms with Crippen LogP contribution in [0, 0.1) is 0 Å². The maximum Gasteiger partial charge on any atom is 0.416 e. The minimum atomic E-state index is -4.34. The highest BCUT2D eigenvalue weighted by atomic mass is 19.4. The Bertz CT molecular complexity index is 1060. The average molecular weight is 428 g/mol. The van der Waals surface area contributed by atoms with Crippen LogP contribution in [0.1, 0.15) is 34.8 Å². The van der Waals surface area contributed by atoms with Crippen LogP contribution in [0.4, 0.5) is 13.2 Å². The second-order valence-electron chi connectivity index (χ2n) is 7.95. The normalized spacial score (nSPS) is 19.0. The summed E-state index contributed by atoms with van der Waals surface area (Å²) in [7, 11) is 0. The highest BCUT2D eigenvalue weighted by Crippen LogP contribution is 2.37. The van der Waals surface area contributed by atoms with Crippen molar-refractivity contribution in [1.29, 1.82) is 0 Å². The second kappa shape index (κ2) is 7.96. The zero-order chi connectivity index (χ0) is 21.4. The summed E-state index contributed by atoms with van der Waals surface area (Å²) in [5.74, 6) is 1.49. The Morgan fingerprint density at radius 2 is 1.68 bits per heavy atom. The lowest BCUT2D eigenvalue weighted by molar-refractivity contribution is -0.137. The molecule has 0 bridgehead atoms. The number of benzene rings is 2. The third-order valence-electron chi connectivity index (χ3n) is 5.90. The fraction of sp³-hybridized carbons (Fsp3) is 0.333. The minimum absolute atomic E-state index is 0.131. The van der Waals surface area contributed by atoms with Crippen LogP contribution in [0.15, 0.2) is 60.8 Å². The highest BCUT2D eigenvalue weighted by Gasteiger charge is 2.32. The van der Waals surface area contributed by atoms with E-state index >= 15 is 0 Å². The van der Waals surface area contributed by atoms with Gasteiger partial charge in [-0.15, -0.1) is 0 Å². The number of aryl methyl sites for hydroxylation is 1. The molecular formula is C24H23F3N2O2. The van der Waals surface area contributed by atoms with Crippen molar-refractivity contribution in [2.75, 3.05) is 19.8 Å². The number of nitrogens with zero attached hydrogens (tertiary/aromatic N) is 2. The van der Waals surface area contributed by atoms with Gasteiger partial charge in [0.25, 0.3) is 0 Å². The van der Waals surface area contributed by atoms with Crippen molar-refractivity contribution in [1.82, 2.24) is 9.47 Å². The first kappa shape index (κ1) is 20.0. The molecule has 1 aromatic heterocycles. The van der Waals surface area contributed by atoms with Gasteiger partial charge in [-0.25, -0.2) is 0 Å². The van der Waals surface area contributed by atoms with Gasteiger partial charge >= 0.3 is 6.18 Å². The molecule has 0 amide bonds. The third kappa shape index (κ3) is 4.02. The van der Waals surface area contributed by atoms with E-state index in [2.05, 4.69) is 15.5 Å².